The Bertz CT molecular complexity index is 614. The molecule has 1 aliphatic carbocycles. The molecule has 1 saturated heterocycles. The van der Waals surface area contributed by atoms with E-state index in [4.69, 9.17) is 4.74 Å². The number of hydrogen-bond donors (Lipinski definition) is 1. The lowest BCUT2D eigenvalue weighted by Crippen LogP contribution is -2.44. The summed E-state index contributed by atoms with van der Waals surface area (Å²) in [4.78, 5) is 26.7. The second-order valence-electron chi connectivity index (χ2n) is 7.21. The minimum Gasteiger partial charge on any atom is -0.494 e. The molecular formula is C20H28N2O3. The number of carbonyl (C=O) groups excluding carboxylic acids is 2. The quantitative estimate of drug-likeness (QED) is 0.893. The van der Waals surface area contributed by atoms with Crippen LogP contribution in [-0.2, 0) is 9.59 Å². The molecule has 0 radical (unpaired) electrons. The van der Waals surface area contributed by atoms with E-state index in [-0.39, 0.29) is 23.8 Å². The summed E-state index contributed by atoms with van der Waals surface area (Å²) in [5, 5.41) is 3.19. The van der Waals surface area contributed by atoms with Crippen LogP contribution in [0.3, 0.4) is 0 Å². The zero-order valence-corrected chi connectivity index (χ0v) is 15.2. The molecule has 0 bridgehead atoms. The van der Waals surface area contributed by atoms with Crippen molar-refractivity contribution in [3.8, 4) is 5.75 Å². The van der Waals surface area contributed by atoms with E-state index in [0.29, 0.717) is 25.5 Å². The normalized spacial score (nSPS) is 26.6. The van der Waals surface area contributed by atoms with E-state index in [1.54, 1.807) is 4.90 Å². The Balaban J connectivity index is 1.60. The number of ether oxygens (including phenoxy) is 1. The van der Waals surface area contributed by atoms with Crippen molar-refractivity contribution in [1.82, 2.24) is 5.32 Å². The first kappa shape index (κ1) is 17.8. The van der Waals surface area contributed by atoms with E-state index >= 15 is 0 Å². The van der Waals surface area contributed by atoms with Gasteiger partial charge in [-0.05, 0) is 49.9 Å². The van der Waals surface area contributed by atoms with Crippen molar-refractivity contribution < 1.29 is 14.3 Å². The summed E-state index contributed by atoms with van der Waals surface area (Å²) in [5.74, 6) is 1.10. The van der Waals surface area contributed by atoms with E-state index in [1.807, 2.05) is 31.2 Å². The smallest absolute Gasteiger partial charge is 0.227 e. The van der Waals surface area contributed by atoms with Crippen molar-refractivity contribution in [3.63, 3.8) is 0 Å². The molecule has 2 aliphatic rings. The summed E-state index contributed by atoms with van der Waals surface area (Å²) >= 11 is 0. The molecule has 2 fully saturated rings. The maximum absolute atomic E-state index is 12.6. The minimum atomic E-state index is -0.256. The second-order valence-corrected chi connectivity index (χ2v) is 7.21. The Morgan fingerprint density at radius 3 is 2.64 bits per heavy atom. The van der Waals surface area contributed by atoms with Crippen LogP contribution in [0.15, 0.2) is 24.3 Å². The van der Waals surface area contributed by atoms with Gasteiger partial charge in [0.1, 0.15) is 5.75 Å². The predicted octanol–water partition coefficient (Wildman–Crippen LogP) is 3.13. The van der Waals surface area contributed by atoms with Gasteiger partial charge in [0.15, 0.2) is 0 Å². The highest BCUT2D eigenvalue weighted by Gasteiger charge is 2.36. The zero-order valence-electron chi connectivity index (χ0n) is 15.2. The Kier molecular flexibility index (Phi) is 5.61. The largest absolute Gasteiger partial charge is 0.494 e. The average Bonchev–Trinajstić information content (AvgIpc) is 3.00. The van der Waals surface area contributed by atoms with Gasteiger partial charge in [0.2, 0.25) is 11.8 Å². The van der Waals surface area contributed by atoms with E-state index in [9.17, 15) is 9.59 Å². The summed E-state index contributed by atoms with van der Waals surface area (Å²) in [6, 6.07) is 7.75. The van der Waals surface area contributed by atoms with Crippen LogP contribution in [0, 0.1) is 11.8 Å². The maximum atomic E-state index is 12.6. The SMILES string of the molecule is CCOc1ccc(N2C[C@H](C(=O)N[C@@H]3CCCC[C@H]3C)CC2=O)cc1. The van der Waals surface area contributed by atoms with E-state index in [0.717, 1.165) is 17.9 Å². The van der Waals surface area contributed by atoms with Gasteiger partial charge in [0.05, 0.1) is 12.5 Å². The molecule has 25 heavy (non-hydrogen) atoms. The van der Waals surface area contributed by atoms with E-state index < -0.39 is 0 Å². The third-order valence-corrected chi connectivity index (χ3v) is 5.39. The van der Waals surface area contributed by atoms with Crippen molar-refractivity contribution in [2.75, 3.05) is 18.1 Å². The Labute approximate surface area is 149 Å². The highest BCUT2D eigenvalue weighted by atomic mass is 16.5. The highest BCUT2D eigenvalue weighted by Crippen LogP contribution is 2.28. The molecule has 1 aliphatic heterocycles. The van der Waals surface area contributed by atoms with Gasteiger partial charge in [-0.2, -0.15) is 0 Å². The average molecular weight is 344 g/mol. The van der Waals surface area contributed by atoms with Crippen LogP contribution in [-0.4, -0.2) is 31.0 Å². The monoisotopic (exact) mass is 344 g/mol. The van der Waals surface area contributed by atoms with Gasteiger partial charge in [0.25, 0.3) is 0 Å². The summed E-state index contributed by atoms with van der Waals surface area (Å²) in [5.41, 5.74) is 0.829. The van der Waals surface area contributed by atoms with Gasteiger partial charge < -0.3 is 15.0 Å². The standard InChI is InChI=1S/C20H28N2O3/c1-3-25-17-10-8-16(9-11-17)22-13-15(12-19(22)23)20(24)21-18-7-5-4-6-14(18)2/h8-11,14-15,18H,3-7,12-13H2,1-2H3,(H,21,24)/t14-,15-,18-/m1/s1. The predicted molar refractivity (Wildman–Crippen MR) is 97.6 cm³/mol. The van der Waals surface area contributed by atoms with Crippen molar-refractivity contribution in [2.45, 2.75) is 52.0 Å². The topological polar surface area (TPSA) is 58.6 Å². The Hall–Kier alpha value is -2.04. The molecule has 3 rings (SSSR count). The molecule has 0 spiro atoms. The first-order valence-electron chi connectivity index (χ1n) is 9.42. The molecule has 5 heteroatoms. The third kappa shape index (κ3) is 4.14. The third-order valence-electron chi connectivity index (χ3n) is 5.39. The summed E-state index contributed by atoms with van der Waals surface area (Å²) < 4.78 is 5.44. The molecule has 5 nitrogen and oxygen atoms in total. The van der Waals surface area contributed by atoms with Crippen LogP contribution in [0.2, 0.25) is 0 Å². The Morgan fingerprint density at radius 1 is 1.24 bits per heavy atom. The van der Waals surface area contributed by atoms with E-state index in [1.165, 1.54) is 19.3 Å². The number of anilines is 1. The first-order valence-corrected chi connectivity index (χ1v) is 9.42. The molecule has 1 aromatic rings. The number of nitrogens with zero attached hydrogens (tertiary/aromatic N) is 1. The van der Waals surface area contributed by atoms with Crippen LogP contribution >= 0.6 is 0 Å². The fourth-order valence-corrected chi connectivity index (χ4v) is 3.85. The van der Waals surface area contributed by atoms with Crippen LogP contribution in [0.4, 0.5) is 5.69 Å². The number of amides is 2. The number of nitrogens with one attached hydrogen (secondary N) is 1. The molecule has 3 atom stereocenters. The maximum Gasteiger partial charge on any atom is 0.227 e. The fourth-order valence-electron chi connectivity index (χ4n) is 3.85. The zero-order chi connectivity index (χ0) is 17.8. The summed E-state index contributed by atoms with van der Waals surface area (Å²) in [6.07, 6.45) is 4.95. The fraction of sp³-hybridized carbons (Fsp3) is 0.600. The van der Waals surface area contributed by atoms with Crippen molar-refractivity contribution in [1.29, 1.82) is 0 Å². The minimum absolute atomic E-state index is 0.0148. The number of rotatable bonds is 5. The molecule has 1 saturated carbocycles. The van der Waals surface area contributed by atoms with Crippen LogP contribution in [0.5, 0.6) is 5.75 Å². The molecule has 0 unspecified atom stereocenters. The van der Waals surface area contributed by atoms with E-state index in [2.05, 4.69) is 12.2 Å². The van der Waals surface area contributed by atoms with Gasteiger partial charge in [-0.3, -0.25) is 9.59 Å². The van der Waals surface area contributed by atoms with Gasteiger partial charge in [-0.1, -0.05) is 19.8 Å². The molecule has 1 N–H and O–H groups in total. The Morgan fingerprint density at radius 2 is 1.96 bits per heavy atom. The summed E-state index contributed by atoms with van der Waals surface area (Å²) in [6.45, 7) is 5.22. The van der Waals surface area contributed by atoms with Crippen LogP contribution in [0.25, 0.3) is 0 Å². The number of benzene rings is 1. The van der Waals surface area contributed by atoms with Crippen LogP contribution in [0.1, 0.15) is 46.0 Å². The van der Waals surface area contributed by atoms with Gasteiger partial charge in [-0.15, -0.1) is 0 Å². The molecule has 1 aromatic carbocycles. The van der Waals surface area contributed by atoms with Gasteiger partial charge >= 0.3 is 0 Å². The molecule has 1 heterocycles. The van der Waals surface area contributed by atoms with Crippen LogP contribution < -0.4 is 15.0 Å². The molecule has 2 amide bonds. The molecule has 136 valence electrons. The van der Waals surface area contributed by atoms with Crippen molar-refractivity contribution >= 4 is 17.5 Å². The lowest BCUT2D eigenvalue weighted by Gasteiger charge is -2.30. The summed E-state index contributed by atoms with van der Waals surface area (Å²) in [7, 11) is 0. The molecule has 0 aromatic heterocycles. The lowest BCUT2D eigenvalue weighted by molar-refractivity contribution is -0.127. The van der Waals surface area contributed by atoms with Crippen molar-refractivity contribution in [3.05, 3.63) is 24.3 Å². The number of carbonyl (C=O) groups is 2. The first-order chi connectivity index (χ1) is 12.1. The van der Waals surface area contributed by atoms with Gasteiger partial charge in [0, 0.05) is 24.7 Å². The lowest BCUT2D eigenvalue weighted by atomic mass is 9.85. The molecular weight excluding hydrogens is 316 g/mol. The van der Waals surface area contributed by atoms with Gasteiger partial charge in [-0.25, -0.2) is 0 Å². The highest BCUT2D eigenvalue weighted by molar-refractivity contribution is 6.00. The van der Waals surface area contributed by atoms with Crippen molar-refractivity contribution in [2.24, 2.45) is 11.8 Å². The number of hydrogen-bond acceptors (Lipinski definition) is 3. The second kappa shape index (κ2) is 7.89.